The van der Waals surface area contributed by atoms with Crippen LogP contribution in [0.15, 0.2) is 16.3 Å². The maximum Gasteiger partial charge on any atom is 0.263 e. The summed E-state index contributed by atoms with van der Waals surface area (Å²) < 4.78 is 26.9. The molecule has 154 valence electrons. The number of sulfonamides is 1. The Morgan fingerprint density at radius 2 is 1.89 bits per heavy atom. The molecule has 1 aromatic rings. The Labute approximate surface area is 168 Å². The van der Waals surface area contributed by atoms with Crippen LogP contribution in [0.3, 0.4) is 0 Å². The van der Waals surface area contributed by atoms with Crippen molar-refractivity contribution in [1.82, 2.24) is 19.8 Å². The largest absolute Gasteiger partial charge is 0.357 e. The van der Waals surface area contributed by atoms with Gasteiger partial charge in [-0.1, -0.05) is 0 Å². The van der Waals surface area contributed by atoms with Crippen molar-refractivity contribution >= 4 is 39.1 Å². The second kappa shape index (κ2) is 8.58. The van der Waals surface area contributed by atoms with Crippen molar-refractivity contribution in [2.75, 3.05) is 33.2 Å². The molecule has 0 saturated carbocycles. The average molecular weight is 429 g/mol. The zero-order valence-corrected chi connectivity index (χ0v) is 17.3. The van der Waals surface area contributed by atoms with Gasteiger partial charge in [0.2, 0.25) is 21.8 Å². The Kier molecular flexibility index (Phi) is 6.36. The number of hydrogen-bond donors (Lipinski definition) is 2. The Bertz CT molecular complexity index is 861. The number of nitrogens with one attached hydrogen (secondary N) is 2. The number of carbonyl (C=O) groups excluding carboxylic acids is 3. The minimum absolute atomic E-state index is 0.0197. The van der Waals surface area contributed by atoms with E-state index in [1.54, 1.807) is 5.38 Å². The molecule has 0 bridgehead atoms. The monoisotopic (exact) mass is 428 g/mol. The molecule has 1 unspecified atom stereocenters. The third kappa shape index (κ3) is 4.06. The number of rotatable bonds is 6. The van der Waals surface area contributed by atoms with Crippen LogP contribution in [0.4, 0.5) is 0 Å². The number of hydrogen-bond acceptors (Lipinski definition) is 6. The molecule has 28 heavy (non-hydrogen) atoms. The molecular formula is C17H24N4O5S2. The zero-order valence-electron chi connectivity index (χ0n) is 15.6. The summed E-state index contributed by atoms with van der Waals surface area (Å²) in [5.74, 6) is -1.19. The molecule has 2 aliphatic heterocycles. The molecule has 3 heterocycles. The van der Waals surface area contributed by atoms with Gasteiger partial charge in [0.25, 0.3) is 5.91 Å². The molecule has 3 amide bonds. The van der Waals surface area contributed by atoms with Crippen LogP contribution in [0.25, 0.3) is 0 Å². The minimum Gasteiger partial charge on any atom is -0.357 e. The predicted molar refractivity (Wildman–Crippen MR) is 103 cm³/mol. The molecule has 3 rings (SSSR count). The third-order valence-electron chi connectivity index (χ3n) is 5.04. The number of amides is 3. The molecule has 0 radical (unpaired) electrons. The van der Waals surface area contributed by atoms with E-state index in [0.717, 1.165) is 30.6 Å². The highest BCUT2D eigenvalue weighted by Gasteiger charge is 2.34. The number of nitrogens with zero attached hydrogens (tertiary/aromatic N) is 2. The van der Waals surface area contributed by atoms with E-state index in [9.17, 15) is 22.8 Å². The molecule has 0 aliphatic carbocycles. The number of carbonyl (C=O) groups is 3. The summed E-state index contributed by atoms with van der Waals surface area (Å²) in [6.45, 7) is 1.08. The van der Waals surface area contributed by atoms with Crippen molar-refractivity contribution in [1.29, 1.82) is 0 Å². The fourth-order valence-electron chi connectivity index (χ4n) is 3.58. The molecule has 0 aromatic carbocycles. The van der Waals surface area contributed by atoms with Crippen molar-refractivity contribution < 1.29 is 22.8 Å². The van der Waals surface area contributed by atoms with E-state index in [-0.39, 0.29) is 28.1 Å². The lowest BCUT2D eigenvalue weighted by Gasteiger charge is -2.23. The van der Waals surface area contributed by atoms with E-state index < -0.39 is 22.0 Å². The third-order valence-corrected chi connectivity index (χ3v) is 8.02. The van der Waals surface area contributed by atoms with Crippen molar-refractivity contribution in [3.05, 3.63) is 16.3 Å². The molecule has 1 atom stereocenters. The SMILES string of the molecule is CNC(=O)C1CCCN1C(=O)CNC(=O)c1sccc1S(=O)(=O)N1CCCC1. The smallest absolute Gasteiger partial charge is 0.263 e. The van der Waals surface area contributed by atoms with Gasteiger partial charge in [-0.3, -0.25) is 14.4 Å². The van der Waals surface area contributed by atoms with Crippen LogP contribution in [0.1, 0.15) is 35.4 Å². The van der Waals surface area contributed by atoms with Gasteiger partial charge in [-0.05, 0) is 37.1 Å². The fourth-order valence-corrected chi connectivity index (χ4v) is 6.41. The Hall–Kier alpha value is -1.98. The highest BCUT2D eigenvalue weighted by molar-refractivity contribution is 7.89. The van der Waals surface area contributed by atoms with E-state index in [0.29, 0.717) is 26.1 Å². The van der Waals surface area contributed by atoms with Crippen LogP contribution in [0, 0.1) is 0 Å². The van der Waals surface area contributed by atoms with Gasteiger partial charge >= 0.3 is 0 Å². The van der Waals surface area contributed by atoms with Crippen molar-refractivity contribution in [2.24, 2.45) is 0 Å². The standard InChI is InChI=1S/C17H24N4O5S2/c1-18-16(23)12-5-4-9-21(12)14(22)11-19-17(24)15-13(6-10-27-15)28(25,26)20-7-2-3-8-20/h6,10,12H,2-5,7-9,11H2,1H3,(H,18,23)(H,19,24). The average Bonchev–Trinajstić information content (AvgIpc) is 3.44. The van der Waals surface area contributed by atoms with Gasteiger partial charge in [0.1, 0.15) is 15.8 Å². The Balaban J connectivity index is 1.65. The first-order chi connectivity index (χ1) is 13.4. The van der Waals surface area contributed by atoms with Gasteiger partial charge in [-0.15, -0.1) is 11.3 Å². The molecule has 2 saturated heterocycles. The molecular weight excluding hydrogens is 404 g/mol. The lowest BCUT2D eigenvalue weighted by atomic mass is 10.2. The maximum absolute atomic E-state index is 12.8. The second-order valence-electron chi connectivity index (χ2n) is 6.77. The van der Waals surface area contributed by atoms with Gasteiger partial charge < -0.3 is 15.5 Å². The maximum atomic E-state index is 12.8. The van der Waals surface area contributed by atoms with Crippen LogP contribution >= 0.6 is 11.3 Å². The van der Waals surface area contributed by atoms with E-state index in [1.807, 2.05) is 0 Å². The first-order valence-electron chi connectivity index (χ1n) is 9.23. The topological polar surface area (TPSA) is 116 Å². The predicted octanol–water partition coefficient (Wildman–Crippen LogP) is -0.000600. The summed E-state index contributed by atoms with van der Waals surface area (Å²) in [6.07, 6.45) is 2.92. The second-order valence-corrected chi connectivity index (χ2v) is 9.59. The van der Waals surface area contributed by atoms with Crippen LogP contribution in [-0.4, -0.2) is 74.6 Å². The van der Waals surface area contributed by atoms with Crippen LogP contribution in [0.2, 0.25) is 0 Å². The molecule has 0 spiro atoms. The molecule has 1 aromatic heterocycles. The quantitative estimate of drug-likeness (QED) is 0.662. The van der Waals surface area contributed by atoms with E-state index in [1.165, 1.54) is 22.3 Å². The summed E-state index contributed by atoms with van der Waals surface area (Å²) in [7, 11) is -2.20. The number of likely N-dealkylation sites (tertiary alicyclic amines) is 1. The first kappa shape index (κ1) is 20.7. The minimum atomic E-state index is -3.71. The molecule has 2 aliphatic rings. The van der Waals surface area contributed by atoms with Gasteiger partial charge in [-0.2, -0.15) is 4.31 Å². The summed E-state index contributed by atoms with van der Waals surface area (Å²) >= 11 is 1.03. The first-order valence-corrected chi connectivity index (χ1v) is 11.5. The molecule has 9 nitrogen and oxygen atoms in total. The van der Waals surface area contributed by atoms with Crippen molar-refractivity contribution in [2.45, 2.75) is 36.6 Å². The zero-order chi connectivity index (χ0) is 20.3. The lowest BCUT2D eigenvalue weighted by molar-refractivity contribution is -0.137. The van der Waals surface area contributed by atoms with Crippen molar-refractivity contribution in [3.8, 4) is 0 Å². The fraction of sp³-hybridized carbons (Fsp3) is 0.588. The summed E-state index contributed by atoms with van der Waals surface area (Å²) in [5.41, 5.74) is 0. The Morgan fingerprint density at radius 3 is 2.57 bits per heavy atom. The summed E-state index contributed by atoms with van der Waals surface area (Å²) in [6, 6.07) is 0.902. The van der Waals surface area contributed by atoms with E-state index in [4.69, 9.17) is 0 Å². The van der Waals surface area contributed by atoms with Gasteiger partial charge in [0.15, 0.2) is 0 Å². The molecule has 2 fully saturated rings. The summed E-state index contributed by atoms with van der Waals surface area (Å²) in [4.78, 5) is 38.4. The highest BCUT2D eigenvalue weighted by Crippen LogP contribution is 2.27. The van der Waals surface area contributed by atoms with Gasteiger partial charge in [-0.25, -0.2) is 8.42 Å². The van der Waals surface area contributed by atoms with E-state index >= 15 is 0 Å². The number of likely N-dealkylation sites (N-methyl/N-ethyl adjacent to an activating group) is 1. The van der Waals surface area contributed by atoms with Gasteiger partial charge in [0.05, 0.1) is 6.54 Å². The highest BCUT2D eigenvalue weighted by atomic mass is 32.2. The van der Waals surface area contributed by atoms with Crippen LogP contribution in [-0.2, 0) is 19.6 Å². The normalized spacial score (nSPS) is 20.3. The van der Waals surface area contributed by atoms with Crippen LogP contribution in [0.5, 0.6) is 0 Å². The van der Waals surface area contributed by atoms with Crippen LogP contribution < -0.4 is 10.6 Å². The summed E-state index contributed by atoms with van der Waals surface area (Å²) in [5, 5.41) is 6.61. The number of thiophene rings is 1. The molecule has 11 heteroatoms. The molecule has 2 N–H and O–H groups in total. The van der Waals surface area contributed by atoms with Gasteiger partial charge in [0, 0.05) is 26.7 Å². The Morgan fingerprint density at radius 1 is 1.18 bits per heavy atom. The van der Waals surface area contributed by atoms with Crippen molar-refractivity contribution in [3.63, 3.8) is 0 Å². The lowest BCUT2D eigenvalue weighted by Crippen LogP contribution is -2.48. The van der Waals surface area contributed by atoms with E-state index in [2.05, 4.69) is 10.6 Å².